The lowest BCUT2D eigenvalue weighted by atomic mass is 10.0. The number of allylic oxidation sites excluding steroid dienone is 1. The molecule has 0 saturated heterocycles. The Morgan fingerprint density at radius 2 is 0.905 bits per heavy atom. The van der Waals surface area contributed by atoms with Gasteiger partial charge in [0.15, 0.2) is 0 Å². The van der Waals surface area contributed by atoms with Gasteiger partial charge in [-0.25, -0.2) is 0 Å². The third-order valence-electron chi connectivity index (χ3n) is 4.20. The zero-order valence-corrected chi connectivity index (χ0v) is 14.3. The predicted octanol–water partition coefficient (Wildman–Crippen LogP) is 7.33. The van der Waals surface area contributed by atoms with Crippen LogP contribution in [0, 0.1) is 11.3 Å². The van der Waals surface area contributed by atoms with Gasteiger partial charge in [0.25, 0.3) is 0 Å². The number of nitriles is 1. The van der Waals surface area contributed by atoms with Crippen molar-refractivity contribution in [2.45, 2.75) is 109 Å². The van der Waals surface area contributed by atoms with Crippen molar-refractivity contribution >= 4 is 0 Å². The molecule has 122 valence electrons. The van der Waals surface area contributed by atoms with Crippen LogP contribution < -0.4 is 0 Å². The summed E-state index contributed by atoms with van der Waals surface area (Å²) < 4.78 is 0. The van der Waals surface area contributed by atoms with Crippen molar-refractivity contribution in [3.05, 3.63) is 12.7 Å². The summed E-state index contributed by atoms with van der Waals surface area (Å²) >= 11 is 0. The SMILES string of the molecule is C=CCCCCCCCCCCCCCCCCCC#N. The molecule has 0 aliphatic heterocycles. The largest absolute Gasteiger partial charge is 0.198 e. The maximum atomic E-state index is 8.44. The second-order valence-electron chi connectivity index (χ2n) is 6.29. The minimum absolute atomic E-state index is 0.744. The van der Waals surface area contributed by atoms with E-state index in [1.165, 1.54) is 96.3 Å². The van der Waals surface area contributed by atoms with Crippen molar-refractivity contribution < 1.29 is 0 Å². The number of rotatable bonds is 17. The first kappa shape index (κ1) is 20.2. The molecule has 0 saturated carbocycles. The van der Waals surface area contributed by atoms with Crippen LogP contribution in [0.25, 0.3) is 0 Å². The number of hydrogen-bond acceptors (Lipinski definition) is 1. The summed E-state index contributed by atoms with van der Waals surface area (Å²) in [5.41, 5.74) is 0. The van der Waals surface area contributed by atoms with E-state index in [4.69, 9.17) is 5.26 Å². The summed E-state index contributed by atoms with van der Waals surface area (Å²) in [7, 11) is 0. The molecule has 21 heavy (non-hydrogen) atoms. The topological polar surface area (TPSA) is 23.8 Å². The Balaban J connectivity index is 2.93. The molecular formula is C20H37N. The van der Waals surface area contributed by atoms with E-state index in [9.17, 15) is 0 Å². The first-order valence-electron chi connectivity index (χ1n) is 9.39. The molecule has 0 spiro atoms. The predicted molar refractivity (Wildman–Crippen MR) is 94.3 cm³/mol. The maximum absolute atomic E-state index is 8.44. The third kappa shape index (κ3) is 19.2. The normalized spacial score (nSPS) is 10.4. The highest BCUT2D eigenvalue weighted by atomic mass is 14.2. The fourth-order valence-electron chi connectivity index (χ4n) is 2.79. The van der Waals surface area contributed by atoms with Crippen LogP contribution in [0.4, 0.5) is 0 Å². The van der Waals surface area contributed by atoms with Crippen LogP contribution in [0.1, 0.15) is 109 Å². The smallest absolute Gasteiger partial charge is 0.0621 e. The van der Waals surface area contributed by atoms with Gasteiger partial charge >= 0.3 is 0 Å². The summed E-state index contributed by atoms with van der Waals surface area (Å²) in [5, 5.41) is 8.44. The van der Waals surface area contributed by atoms with Gasteiger partial charge in [0, 0.05) is 6.42 Å². The van der Waals surface area contributed by atoms with Gasteiger partial charge in [-0.15, -0.1) is 6.58 Å². The number of hydrogen-bond donors (Lipinski definition) is 0. The van der Waals surface area contributed by atoms with Crippen LogP contribution in [-0.4, -0.2) is 0 Å². The molecule has 0 rings (SSSR count). The molecule has 0 bridgehead atoms. The van der Waals surface area contributed by atoms with Crippen LogP contribution in [-0.2, 0) is 0 Å². The quantitative estimate of drug-likeness (QED) is 0.203. The molecule has 0 heterocycles. The van der Waals surface area contributed by atoms with Crippen LogP contribution in [0.2, 0.25) is 0 Å². The van der Waals surface area contributed by atoms with E-state index in [1.807, 2.05) is 6.08 Å². The first-order valence-corrected chi connectivity index (χ1v) is 9.39. The molecule has 1 nitrogen and oxygen atoms in total. The summed E-state index contributed by atoms with van der Waals surface area (Å²) in [6, 6.07) is 2.22. The van der Waals surface area contributed by atoms with E-state index in [-0.39, 0.29) is 0 Å². The molecule has 0 radical (unpaired) electrons. The van der Waals surface area contributed by atoms with Gasteiger partial charge in [-0.1, -0.05) is 89.5 Å². The van der Waals surface area contributed by atoms with Gasteiger partial charge in [0.05, 0.1) is 6.07 Å². The maximum Gasteiger partial charge on any atom is 0.0621 e. The highest BCUT2D eigenvalue weighted by molar-refractivity contribution is 4.67. The minimum Gasteiger partial charge on any atom is -0.198 e. The molecule has 0 aromatic rings. The molecule has 0 aliphatic rings. The van der Waals surface area contributed by atoms with Gasteiger partial charge in [0.2, 0.25) is 0 Å². The van der Waals surface area contributed by atoms with Crippen molar-refractivity contribution in [3.63, 3.8) is 0 Å². The van der Waals surface area contributed by atoms with E-state index in [1.54, 1.807) is 0 Å². The van der Waals surface area contributed by atoms with Crippen molar-refractivity contribution in [3.8, 4) is 6.07 Å². The third-order valence-corrected chi connectivity index (χ3v) is 4.20. The highest BCUT2D eigenvalue weighted by Crippen LogP contribution is 2.13. The van der Waals surface area contributed by atoms with E-state index >= 15 is 0 Å². The molecule has 0 unspecified atom stereocenters. The standard InChI is InChI=1S/C20H37N/c1-2-3-4-5-6-7-8-9-10-11-12-13-14-15-16-17-18-19-20-21/h2H,1,3-19H2. The highest BCUT2D eigenvalue weighted by Gasteiger charge is 1.94. The summed E-state index contributed by atoms with van der Waals surface area (Å²) in [4.78, 5) is 0. The van der Waals surface area contributed by atoms with Crippen molar-refractivity contribution in [1.82, 2.24) is 0 Å². The fourth-order valence-corrected chi connectivity index (χ4v) is 2.79. The monoisotopic (exact) mass is 291 g/mol. The van der Waals surface area contributed by atoms with Gasteiger partial charge in [-0.2, -0.15) is 5.26 Å². The molecule has 0 aliphatic carbocycles. The van der Waals surface area contributed by atoms with Gasteiger partial charge < -0.3 is 0 Å². The van der Waals surface area contributed by atoms with E-state index in [2.05, 4.69) is 12.6 Å². The van der Waals surface area contributed by atoms with Crippen LogP contribution >= 0.6 is 0 Å². The Bertz CT molecular complexity index is 239. The number of unbranched alkanes of at least 4 members (excludes halogenated alkanes) is 16. The van der Waals surface area contributed by atoms with Gasteiger partial charge in [0.1, 0.15) is 0 Å². The van der Waals surface area contributed by atoms with Crippen LogP contribution in [0.15, 0.2) is 12.7 Å². The molecule has 0 N–H and O–H groups in total. The Morgan fingerprint density at radius 1 is 0.571 bits per heavy atom. The molecule has 0 fully saturated rings. The minimum atomic E-state index is 0.744. The molecule has 0 amide bonds. The number of nitrogens with zero attached hydrogens (tertiary/aromatic N) is 1. The lowest BCUT2D eigenvalue weighted by Gasteiger charge is -2.03. The van der Waals surface area contributed by atoms with E-state index < -0.39 is 0 Å². The molecule has 1 heteroatoms. The van der Waals surface area contributed by atoms with E-state index in [0.717, 1.165) is 12.8 Å². The Kier molecular flexibility index (Phi) is 18.5. The van der Waals surface area contributed by atoms with Crippen molar-refractivity contribution in [2.75, 3.05) is 0 Å². The average Bonchev–Trinajstić information content (AvgIpc) is 2.50. The van der Waals surface area contributed by atoms with Crippen molar-refractivity contribution in [1.29, 1.82) is 5.26 Å². The summed E-state index contributed by atoms with van der Waals surface area (Å²) in [5.74, 6) is 0. The Labute approximate surface area is 133 Å². The zero-order valence-electron chi connectivity index (χ0n) is 14.3. The Hall–Kier alpha value is -0.770. The fraction of sp³-hybridized carbons (Fsp3) is 0.850. The Morgan fingerprint density at radius 3 is 1.24 bits per heavy atom. The molecule has 0 aromatic heterocycles. The van der Waals surface area contributed by atoms with E-state index in [0.29, 0.717) is 0 Å². The summed E-state index contributed by atoms with van der Waals surface area (Å²) in [6.45, 7) is 3.76. The molecular weight excluding hydrogens is 254 g/mol. The second kappa shape index (κ2) is 19.2. The summed E-state index contributed by atoms with van der Waals surface area (Å²) in [6.07, 6.45) is 24.6. The molecule has 0 aromatic carbocycles. The second-order valence-corrected chi connectivity index (χ2v) is 6.29. The van der Waals surface area contributed by atoms with Crippen LogP contribution in [0.5, 0.6) is 0 Å². The first-order chi connectivity index (χ1) is 10.4. The zero-order chi connectivity index (χ0) is 15.4. The lowest BCUT2D eigenvalue weighted by Crippen LogP contribution is -1.83. The molecule has 0 atom stereocenters. The lowest BCUT2D eigenvalue weighted by molar-refractivity contribution is 0.531. The van der Waals surface area contributed by atoms with Crippen molar-refractivity contribution in [2.24, 2.45) is 0 Å². The van der Waals surface area contributed by atoms with Crippen LogP contribution in [0.3, 0.4) is 0 Å². The average molecular weight is 292 g/mol. The van der Waals surface area contributed by atoms with Gasteiger partial charge in [-0.3, -0.25) is 0 Å². The van der Waals surface area contributed by atoms with Gasteiger partial charge in [-0.05, 0) is 19.3 Å².